The van der Waals surface area contributed by atoms with Gasteiger partial charge in [-0.25, -0.2) is 0 Å². The largest absolute Gasteiger partial charge is 0.357 e. The van der Waals surface area contributed by atoms with Gasteiger partial charge >= 0.3 is 0 Å². The van der Waals surface area contributed by atoms with E-state index in [1.807, 2.05) is 6.07 Å². The highest BCUT2D eigenvalue weighted by Gasteiger charge is 2.24. The maximum Gasteiger partial charge on any atom is 0.258 e. The van der Waals surface area contributed by atoms with Crippen LogP contribution in [0.15, 0.2) is 35.9 Å². The Kier molecular flexibility index (Phi) is 5.65. The topological polar surface area (TPSA) is 66.5 Å². The molecule has 1 aromatic carbocycles. The van der Waals surface area contributed by atoms with Crippen LogP contribution in [0.3, 0.4) is 0 Å². The zero-order valence-electron chi connectivity index (χ0n) is 11.7. The summed E-state index contributed by atoms with van der Waals surface area (Å²) in [6.07, 6.45) is 3.08. The van der Waals surface area contributed by atoms with E-state index in [9.17, 15) is 14.4 Å². The molecule has 20 heavy (non-hydrogen) atoms. The van der Waals surface area contributed by atoms with E-state index < -0.39 is 11.9 Å². The smallest absolute Gasteiger partial charge is 0.258 e. The number of carbonyl (C=O) groups is 2. The standard InChI is InChI=1S/C15H17N2O3/c1-11(14(19)16-2)17(3)15(20)13(10-18)9-12-7-5-4-6-8-12/h4-9,11H,1-3H3,(H,16,19). The lowest BCUT2D eigenvalue weighted by molar-refractivity contribution is -0.135. The van der Waals surface area contributed by atoms with E-state index in [4.69, 9.17) is 0 Å². The van der Waals surface area contributed by atoms with Crippen LogP contribution >= 0.6 is 0 Å². The quantitative estimate of drug-likeness (QED) is 0.489. The second kappa shape index (κ2) is 7.23. The highest BCUT2D eigenvalue weighted by molar-refractivity contribution is 6.15. The van der Waals surface area contributed by atoms with Gasteiger partial charge in [0.2, 0.25) is 12.2 Å². The van der Waals surface area contributed by atoms with Crippen molar-refractivity contribution in [2.75, 3.05) is 14.1 Å². The summed E-state index contributed by atoms with van der Waals surface area (Å²) in [5.74, 6) is -0.842. The molecule has 1 rings (SSSR count). The minimum absolute atomic E-state index is 0.116. The number of benzene rings is 1. The molecule has 1 atom stereocenters. The van der Waals surface area contributed by atoms with Crippen LogP contribution in [0.25, 0.3) is 6.08 Å². The SMILES string of the molecule is CNC(=O)C(C)N(C)C(=O)C([C]=O)=Cc1ccccc1. The molecule has 0 bridgehead atoms. The maximum atomic E-state index is 12.2. The number of nitrogens with zero attached hydrogens (tertiary/aromatic N) is 1. The third-order valence-corrected chi connectivity index (χ3v) is 2.98. The van der Waals surface area contributed by atoms with Crippen LogP contribution in [0, 0.1) is 0 Å². The van der Waals surface area contributed by atoms with Gasteiger partial charge < -0.3 is 10.2 Å². The number of hydrogen-bond acceptors (Lipinski definition) is 3. The molecule has 0 aliphatic rings. The summed E-state index contributed by atoms with van der Waals surface area (Å²) in [7, 11) is 2.96. The summed E-state index contributed by atoms with van der Waals surface area (Å²) in [5.41, 5.74) is 0.606. The Morgan fingerprint density at radius 1 is 1.30 bits per heavy atom. The van der Waals surface area contributed by atoms with Gasteiger partial charge in [-0.1, -0.05) is 30.3 Å². The summed E-state index contributed by atoms with van der Waals surface area (Å²) in [6.45, 7) is 1.58. The fourth-order valence-electron chi connectivity index (χ4n) is 1.60. The van der Waals surface area contributed by atoms with E-state index in [0.717, 1.165) is 5.56 Å². The highest BCUT2D eigenvalue weighted by atomic mass is 16.2. The van der Waals surface area contributed by atoms with Crippen LogP contribution < -0.4 is 5.32 Å². The molecule has 1 N–H and O–H groups in total. The third kappa shape index (κ3) is 3.78. The number of likely N-dealkylation sites (N-methyl/N-ethyl adjacent to an activating group) is 2. The van der Waals surface area contributed by atoms with E-state index in [2.05, 4.69) is 5.32 Å². The van der Waals surface area contributed by atoms with E-state index in [-0.39, 0.29) is 11.5 Å². The normalized spacial score (nSPS) is 12.4. The summed E-state index contributed by atoms with van der Waals surface area (Å²) in [4.78, 5) is 35.8. The molecule has 5 nitrogen and oxygen atoms in total. The van der Waals surface area contributed by atoms with Gasteiger partial charge in [-0.05, 0) is 18.6 Å². The van der Waals surface area contributed by atoms with Crippen molar-refractivity contribution >= 4 is 24.2 Å². The zero-order valence-corrected chi connectivity index (χ0v) is 11.7. The molecule has 0 fully saturated rings. The van der Waals surface area contributed by atoms with Crippen molar-refractivity contribution < 1.29 is 14.4 Å². The van der Waals surface area contributed by atoms with E-state index in [0.29, 0.717) is 0 Å². The van der Waals surface area contributed by atoms with Gasteiger partial charge in [0.1, 0.15) is 6.04 Å². The van der Waals surface area contributed by atoms with Crippen molar-refractivity contribution in [1.82, 2.24) is 10.2 Å². The van der Waals surface area contributed by atoms with Crippen molar-refractivity contribution in [3.8, 4) is 0 Å². The molecule has 0 spiro atoms. The summed E-state index contributed by atoms with van der Waals surface area (Å²) in [6, 6.07) is 8.31. The zero-order chi connectivity index (χ0) is 15.1. The Balaban J connectivity index is 2.95. The van der Waals surface area contributed by atoms with Crippen molar-refractivity contribution in [3.05, 3.63) is 41.5 Å². The Morgan fingerprint density at radius 3 is 2.40 bits per heavy atom. The lowest BCUT2D eigenvalue weighted by Gasteiger charge is -2.23. The van der Waals surface area contributed by atoms with Gasteiger partial charge in [0.15, 0.2) is 0 Å². The van der Waals surface area contributed by atoms with Gasteiger partial charge in [0.05, 0.1) is 5.57 Å². The van der Waals surface area contributed by atoms with Crippen LogP contribution in [0.1, 0.15) is 12.5 Å². The molecule has 0 saturated heterocycles. The van der Waals surface area contributed by atoms with Crippen molar-refractivity contribution in [1.29, 1.82) is 0 Å². The fourth-order valence-corrected chi connectivity index (χ4v) is 1.60. The Labute approximate surface area is 118 Å². The van der Waals surface area contributed by atoms with Crippen molar-refractivity contribution in [3.63, 3.8) is 0 Å². The Hall–Kier alpha value is -2.43. The van der Waals surface area contributed by atoms with Gasteiger partial charge in [-0.15, -0.1) is 0 Å². The molecule has 0 aromatic heterocycles. The first-order valence-corrected chi connectivity index (χ1v) is 6.15. The predicted octanol–water partition coefficient (Wildman–Crippen LogP) is 0.773. The lowest BCUT2D eigenvalue weighted by Crippen LogP contribution is -2.45. The molecule has 0 aliphatic heterocycles. The number of nitrogens with one attached hydrogen (secondary N) is 1. The number of carbonyl (C=O) groups excluding carboxylic acids is 3. The fraction of sp³-hybridized carbons (Fsp3) is 0.267. The molecular formula is C15H17N2O3. The molecule has 5 heteroatoms. The molecule has 0 saturated carbocycles. The monoisotopic (exact) mass is 273 g/mol. The second-order valence-electron chi connectivity index (χ2n) is 4.28. The van der Waals surface area contributed by atoms with E-state index in [1.165, 1.54) is 25.1 Å². The van der Waals surface area contributed by atoms with Crippen LogP contribution in [-0.4, -0.2) is 43.1 Å². The Morgan fingerprint density at radius 2 is 1.90 bits per heavy atom. The first-order chi connectivity index (χ1) is 9.51. The molecule has 0 aliphatic carbocycles. The molecule has 1 aromatic rings. The minimum atomic E-state index is -0.667. The number of rotatable bonds is 5. The second-order valence-corrected chi connectivity index (χ2v) is 4.28. The number of amides is 2. The third-order valence-electron chi connectivity index (χ3n) is 2.98. The lowest BCUT2D eigenvalue weighted by atomic mass is 10.1. The summed E-state index contributed by atoms with van der Waals surface area (Å²) in [5, 5.41) is 2.46. The molecule has 1 radical (unpaired) electrons. The summed E-state index contributed by atoms with van der Waals surface area (Å²) >= 11 is 0. The van der Waals surface area contributed by atoms with Crippen LogP contribution in [0.4, 0.5) is 0 Å². The minimum Gasteiger partial charge on any atom is -0.357 e. The first kappa shape index (κ1) is 15.6. The highest BCUT2D eigenvalue weighted by Crippen LogP contribution is 2.09. The molecular weight excluding hydrogens is 256 g/mol. The molecule has 2 amide bonds. The molecule has 1 unspecified atom stereocenters. The Bertz CT molecular complexity index is 523. The van der Waals surface area contributed by atoms with Gasteiger partial charge in [-0.2, -0.15) is 0 Å². The van der Waals surface area contributed by atoms with Crippen LogP contribution in [0.2, 0.25) is 0 Å². The average Bonchev–Trinajstić information content (AvgIpc) is 2.50. The first-order valence-electron chi connectivity index (χ1n) is 6.15. The van der Waals surface area contributed by atoms with Crippen molar-refractivity contribution in [2.24, 2.45) is 0 Å². The van der Waals surface area contributed by atoms with E-state index >= 15 is 0 Å². The van der Waals surface area contributed by atoms with Gasteiger partial charge in [-0.3, -0.25) is 14.4 Å². The molecule has 105 valence electrons. The van der Waals surface area contributed by atoms with Crippen molar-refractivity contribution in [2.45, 2.75) is 13.0 Å². The van der Waals surface area contributed by atoms with Gasteiger partial charge in [0.25, 0.3) is 5.91 Å². The van der Waals surface area contributed by atoms with Crippen LogP contribution in [-0.2, 0) is 14.4 Å². The summed E-state index contributed by atoms with van der Waals surface area (Å²) < 4.78 is 0. The van der Waals surface area contributed by atoms with Gasteiger partial charge in [0, 0.05) is 14.1 Å². The average molecular weight is 273 g/mol. The van der Waals surface area contributed by atoms with Crippen LogP contribution in [0.5, 0.6) is 0 Å². The molecule has 0 heterocycles. The van der Waals surface area contributed by atoms with E-state index in [1.54, 1.807) is 37.5 Å². The number of hydrogen-bond donors (Lipinski definition) is 1. The maximum absolute atomic E-state index is 12.2. The predicted molar refractivity (Wildman–Crippen MR) is 76.4 cm³/mol.